The molecule has 29 heavy (non-hydrogen) atoms. The Morgan fingerprint density at radius 1 is 1.14 bits per heavy atom. The van der Waals surface area contributed by atoms with Crippen LogP contribution in [0.1, 0.15) is 16.1 Å². The fourth-order valence-electron chi connectivity index (χ4n) is 3.78. The van der Waals surface area contributed by atoms with Crippen molar-refractivity contribution in [3.8, 4) is 5.75 Å². The van der Waals surface area contributed by atoms with Crippen molar-refractivity contribution in [1.29, 1.82) is 0 Å². The number of pyridine rings is 1. The summed E-state index contributed by atoms with van der Waals surface area (Å²) in [6.07, 6.45) is 0. The average Bonchev–Trinajstić information content (AvgIpc) is 2.74. The summed E-state index contributed by atoms with van der Waals surface area (Å²) in [4.78, 5) is 21.1. The average molecular weight is 411 g/mol. The van der Waals surface area contributed by atoms with Gasteiger partial charge >= 0.3 is 0 Å². The topological polar surface area (TPSA) is 46.9 Å². The van der Waals surface area contributed by atoms with Gasteiger partial charge in [0.15, 0.2) is 0 Å². The smallest absolute Gasteiger partial charge is 0.255 e. The van der Waals surface area contributed by atoms with E-state index in [1.165, 1.54) is 4.90 Å². The molecule has 2 aromatic carbocycles. The number of fused-ring (bicyclic) bond motifs is 1. The molecule has 0 aliphatic carbocycles. The summed E-state index contributed by atoms with van der Waals surface area (Å²) in [7, 11) is 0. The van der Waals surface area contributed by atoms with Crippen LogP contribution in [-0.4, -0.2) is 55.1 Å². The Morgan fingerprint density at radius 3 is 2.62 bits per heavy atom. The molecule has 150 valence electrons. The summed E-state index contributed by atoms with van der Waals surface area (Å²) in [5.41, 5.74) is 2.50. The van der Waals surface area contributed by atoms with Gasteiger partial charge in [-0.3, -0.25) is 9.78 Å². The second-order valence-corrected chi connectivity index (χ2v) is 7.86. The molecule has 4 rings (SSSR count). The van der Waals surface area contributed by atoms with Gasteiger partial charge in [-0.1, -0.05) is 29.8 Å². The normalized spacial score (nSPS) is 14.9. The van der Waals surface area contributed by atoms with Gasteiger partial charge in [-0.15, -0.1) is 0 Å². The molecule has 0 spiro atoms. The number of ether oxygens (including phenoxy) is 1. The number of hydrogen-bond acceptors (Lipinski definition) is 3. The number of quaternary nitrogens is 1. The highest BCUT2D eigenvalue weighted by atomic mass is 35.5. The van der Waals surface area contributed by atoms with Crippen molar-refractivity contribution in [2.75, 3.05) is 39.3 Å². The van der Waals surface area contributed by atoms with Crippen LogP contribution >= 0.6 is 11.6 Å². The van der Waals surface area contributed by atoms with Crippen LogP contribution in [0, 0.1) is 6.92 Å². The zero-order valence-corrected chi connectivity index (χ0v) is 17.3. The van der Waals surface area contributed by atoms with Crippen molar-refractivity contribution in [1.82, 2.24) is 9.88 Å². The molecule has 1 aliphatic heterocycles. The predicted molar refractivity (Wildman–Crippen MR) is 115 cm³/mol. The molecule has 0 bridgehead atoms. The number of piperazine rings is 1. The number of aromatic nitrogens is 1. The lowest BCUT2D eigenvalue weighted by Gasteiger charge is -2.32. The number of amides is 1. The van der Waals surface area contributed by atoms with Gasteiger partial charge in [0.2, 0.25) is 0 Å². The van der Waals surface area contributed by atoms with Crippen LogP contribution in [0.25, 0.3) is 10.9 Å². The fourth-order valence-corrected chi connectivity index (χ4v) is 3.90. The highest BCUT2D eigenvalue weighted by Gasteiger charge is 2.25. The molecule has 1 N–H and O–H groups in total. The Morgan fingerprint density at radius 2 is 1.86 bits per heavy atom. The molecule has 2 heterocycles. The third-order valence-electron chi connectivity index (χ3n) is 5.37. The minimum Gasteiger partial charge on any atom is -0.488 e. The first-order valence-electron chi connectivity index (χ1n) is 9.98. The van der Waals surface area contributed by atoms with Gasteiger partial charge in [-0.05, 0) is 43.3 Å². The number of aryl methyl sites for hydroxylation is 1. The first-order chi connectivity index (χ1) is 14.1. The predicted octanol–water partition coefficient (Wildman–Crippen LogP) is 2.62. The number of rotatable bonds is 5. The second-order valence-electron chi connectivity index (χ2n) is 7.42. The Balaban J connectivity index is 1.33. The summed E-state index contributed by atoms with van der Waals surface area (Å²) in [5.74, 6) is 0.936. The Bertz CT molecular complexity index is 999. The number of para-hydroxylation sites is 1. The molecule has 5 nitrogen and oxygen atoms in total. The van der Waals surface area contributed by atoms with Gasteiger partial charge in [-0.2, -0.15) is 0 Å². The van der Waals surface area contributed by atoms with E-state index in [9.17, 15) is 4.79 Å². The molecule has 6 heteroatoms. The van der Waals surface area contributed by atoms with E-state index in [4.69, 9.17) is 16.3 Å². The first kappa shape index (κ1) is 19.7. The molecule has 0 radical (unpaired) electrons. The quantitative estimate of drug-likeness (QED) is 0.703. The monoisotopic (exact) mass is 410 g/mol. The summed E-state index contributed by atoms with van der Waals surface area (Å²) in [6, 6.07) is 17.2. The number of hydrogen-bond donors (Lipinski definition) is 1. The maximum absolute atomic E-state index is 13.2. The van der Waals surface area contributed by atoms with E-state index in [1.54, 1.807) is 0 Å². The van der Waals surface area contributed by atoms with Crippen molar-refractivity contribution >= 4 is 28.4 Å². The van der Waals surface area contributed by atoms with E-state index in [1.807, 2.05) is 66.4 Å². The number of nitrogens with zero attached hydrogens (tertiary/aromatic N) is 2. The molecule has 1 fully saturated rings. The van der Waals surface area contributed by atoms with Crippen LogP contribution < -0.4 is 9.64 Å². The van der Waals surface area contributed by atoms with Gasteiger partial charge in [0.05, 0.1) is 37.3 Å². The van der Waals surface area contributed by atoms with Crippen molar-refractivity contribution in [3.63, 3.8) is 0 Å². The molecular formula is C23H25ClN3O2+. The second kappa shape index (κ2) is 8.80. The molecular weight excluding hydrogens is 386 g/mol. The molecule has 0 atom stereocenters. The molecule has 1 amide bonds. The maximum atomic E-state index is 13.2. The zero-order valence-electron chi connectivity index (χ0n) is 16.5. The molecule has 1 aliphatic rings. The molecule has 1 aromatic heterocycles. The Labute approximate surface area is 175 Å². The van der Waals surface area contributed by atoms with E-state index in [2.05, 4.69) is 4.98 Å². The van der Waals surface area contributed by atoms with E-state index in [0.717, 1.165) is 60.6 Å². The minimum atomic E-state index is 0.100. The van der Waals surface area contributed by atoms with Crippen LogP contribution in [0.2, 0.25) is 5.02 Å². The van der Waals surface area contributed by atoms with Crippen molar-refractivity contribution in [3.05, 3.63) is 70.9 Å². The van der Waals surface area contributed by atoms with Crippen LogP contribution in [0.4, 0.5) is 0 Å². The van der Waals surface area contributed by atoms with Crippen LogP contribution in [0.15, 0.2) is 54.6 Å². The lowest BCUT2D eigenvalue weighted by Crippen LogP contribution is -3.15. The van der Waals surface area contributed by atoms with E-state index in [-0.39, 0.29) is 5.91 Å². The van der Waals surface area contributed by atoms with Gasteiger partial charge < -0.3 is 14.5 Å². The summed E-state index contributed by atoms with van der Waals surface area (Å²) in [5, 5.41) is 1.63. The SMILES string of the molecule is Cc1cc(C(=O)N2CC[NH+](CCOc3ccc(Cl)cc3)CC2)c2ccccc2n1. The van der Waals surface area contributed by atoms with Crippen LogP contribution in [-0.2, 0) is 0 Å². The molecule has 3 aromatic rings. The first-order valence-corrected chi connectivity index (χ1v) is 10.4. The highest BCUT2D eigenvalue weighted by molar-refractivity contribution is 6.30. The van der Waals surface area contributed by atoms with Crippen LogP contribution in [0.5, 0.6) is 5.75 Å². The zero-order chi connectivity index (χ0) is 20.2. The number of nitrogens with one attached hydrogen (secondary N) is 1. The fraction of sp³-hybridized carbons (Fsp3) is 0.304. The number of benzene rings is 2. The van der Waals surface area contributed by atoms with Gasteiger partial charge in [0.1, 0.15) is 18.9 Å². The Kier molecular flexibility index (Phi) is 5.97. The largest absolute Gasteiger partial charge is 0.488 e. The molecule has 0 unspecified atom stereocenters. The third-order valence-corrected chi connectivity index (χ3v) is 5.62. The summed E-state index contributed by atoms with van der Waals surface area (Å²) < 4.78 is 5.80. The van der Waals surface area contributed by atoms with Crippen molar-refractivity contribution < 1.29 is 14.4 Å². The lowest BCUT2D eigenvalue weighted by molar-refractivity contribution is -0.903. The standard InChI is InChI=1S/C23H24ClN3O2/c1-17-16-21(20-4-2-3-5-22(20)25-17)23(28)27-12-10-26(11-13-27)14-15-29-19-8-6-18(24)7-9-19/h2-9,16H,10-15H2,1H3/p+1. The molecule has 0 saturated carbocycles. The lowest BCUT2D eigenvalue weighted by atomic mass is 10.1. The number of carbonyl (C=O) groups excluding carboxylic acids is 1. The highest BCUT2D eigenvalue weighted by Crippen LogP contribution is 2.20. The number of halogens is 1. The van der Waals surface area contributed by atoms with Crippen LogP contribution in [0.3, 0.4) is 0 Å². The van der Waals surface area contributed by atoms with Gasteiger partial charge in [-0.25, -0.2) is 0 Å². The van der Waals surface area contributed by atoms with Crippen molar-refractivity contribution in [2.45, 2.75) is 6.92 Å². The Hall–Kier alpha value is -2.63. The summed E-state index contributed by atoms with van der Waals surface area (Å²) in [6.45, 7) is 6.87. The van der Waals surface area contributed by atoms with E-state index in [0.29, 0.717) is 11.6 Å². The maximum Gasteiger partial charge on any atom is 0.255 e. The minimum absolute atomic E-state index is 0.100. The van der Waals surface area contributed by atoms with Gasteiger partial charge in [0, 0.05) is 16.1 Å². The molecule has 1 saturated heterocycles. The van der Waals surface area contributed by atoms with Gasteiger partial charge in [0.25, 0.3) is 5.91 Å². The van der Waals surface area contributed by atoms with E-state index < -0.39 is 0 Å². The number of carbonyl (C=O) groups is 1. The van der Waals surface area contributed by atoms with E-state index >= 15 is 0 Å². The van der Waals surface area contributed by atoms with Crippen molar-refractivity contribution in [2.24, 2.45) is 0 Å². The summed E-state index contributed by atoms with van der Waals surface area (Å²) >= 11 is 5.90. The third kappa shape index (κ3) is 4.69.